The summed E-state index contributed by atoms with van der Waals surface area (Å²) in [6, 6.07) is 0. The number of aliphatic hydroxyl groups excluding tert-OH is 1. The zero-order valence-electron chi connectivity index (χ0n) is 62.3. The van der Waals surface area contributed by atoms with Gasteiger partial charge in [-0.3, -0.25) is 37.3 Å². The number of ether oxygens (including phenoxy) is 4. The Morgan fingerprint density at radius 2 is 0.505 bits per heavy atom. The number of rotatable bonds is 73. The van der Waals surface area contributed by atoms with Crippen LogP contribution in [0.3, 0.4) is 0 Å². The molecular formula is C76H148O17P2. The van der Waals surface area contributed by atoms with Crippen LogP contribution in [0.4, 0.5) is 0 Å². The summed E-state index contributed by atoms with van der Waals surface area (Å²) >= 11 is 0. The Kier molecular flexibility index (Phi) is 64.0. The van der Waals surface area contributed by atoms with Gasteiger partial charge in [0.25, 0.3) is 0 Å². The van der Waals surface area contributed by atoms with E-state index in [1.165, 1.54) is 180 Å². The molecule has 0 heterocycles. The van der Waals surface area contributed by atoms with Gasteiger partial charge in [0, 0.05) is 25.7 Å². The molecule has 0 aromatic carbocycles. The summed E-state index contributed by atoms with van der Waals surface area (Å²) in [6.07, 6.45) is 50.2. The zero-order valence-corrected chi connectivity index (χ0v) is 64.1. The van der Waals surface area contributed by atoms with Crippen molar-refractivity contribution in [1.82, 2.24) is 0 Å². The van der Waals surface area contributed by atoms with E-state index in [-0.39, 0.29) is 25.7 Å². The fourth-order valence-corrected chi connectivity index (χ4v) is 13.1. The molecule has 6 atom stereocenters. The Labute approximate surface area is 581 Å². The largest absolute Gasteiger partial charge is 0.472 e. The molecule has 0 fully saturated rings. The van der Waals surface area contributed by atoms with E-state index < -0.39 is 97.5 Å². The molecule has 0 rings (SSSR count). The maximum Gasteiger partial charge on any atom is 0.472 e. The van der Waals surface area contributed by atoms with Crippen LogP contribution < -0.4 is 0 Å². The maximum absolute atomic E-state index is 13.1. The number of carbonyl (C=O) groups excluding carboxylic acids is 4. The van der Waals surface area contributed by atoms with Crippen LogP contribution in [0.1, 0.15) is 383 Å². The molecular weight excluding hydrogens is 1250 g/mol. The van der Waals surface area contributed by atoms with Crippen LogP contribution in [0.15, 0.2) is 0 Å². The highest BCUT2D eigenvalue weighted by Gasteiger charge is 2.30. The third kappa shape index (κ3) is 69.0. The number of hydrogen-bond acceptors (Lipinski definition) is 15. The van der Waals surface area contributed by atoms with Crippen molar-refractivity contribution >= 4 is 39.5 Å². The van der Waals surface area contributed by atoms with Crippen molar-refractivity contribution in [2.75, 3.05) is 39.6 Å². The molecule has 0 saturated heterocycles. The van der Waals surface area contributed by atoms with E-state index in [0.29, 0.717) is 31.6 Å². The summed E-state index contributed by atoms with van der Waals surface area (Å²) in [4.78, 5) is 72.7. The quantitative estimate of drug-likeness (QED) is 0.0222. The molecule has 0 bridgehead atoms. The summed E-state index contributed by atoms with van der Waals surface area (Å²) in [5.41, 5.74) is 0. The zero-order chi connectivity index (χ0) is 70.3. The van der Waals surface area contributed by atoms with Gasteiger partial charge >= 0.3 is 39.5 Å². The minimum Gasteiger partial charge on any atom is -0.462 e. The first-order chi connectivity index (χ1) is 45.6. The number of phosphoric acid groups is 2. The summed E-state index contributed by atoms with van der Waals surface area (Å²) in [5, 5.41) is 10.6. The second-order valence-electron chi connectivity index (χ2n) is 29.1. The highest BCUT2D eigenvalue weighted by Crippen LogP contribution is 2.45. The summed E-state index contributed by atoms with van der Waals surface area (Å²) in [6.45, 7) is 14.1. The first-order valence-corrected chi connectivity index (χ1v) is 42.2. The van der Waals surface area contributed by atoms with Gasteiger partial charge in [0.05, 0.1) is 26.4 Å². The van der Waals surface area contributed by atoms with E-state index in [2.05, 4.69) is 55.4 Å². The molecule has 0 amide bonds. The predicted octanol–water partition coefficient (Wildman–Crippen LogP) is 22.0. The molecule has 95 heavy (non-hydrogen) atoms. The molecule has 0 spiro atoms. The first-order valence-electron chi connectivity index (χ1n) is 39.2. The SMILES string of the molecule is CCC(C)CCCCCCCCC(=O)O[C@H](COC(=O)CCCCCCCCCCCCCCCCCCC(C)C)COP(=O)(O)OCC(O)COP(=O)(O)OC[C@@H](COC(=O)CCCCCCCCCC(C)C)OC(=O)CCCCCCCCCCCCCCCC(C)C. The van der Waals surface area contributed by atoms with Gasteiger partial charge in [0.2, 0.25) is 0 Å². The van der Waals surface area contributed by atoms with Crippen LogP contribution in [-0.4, -0.2) is 96.7 Å². The lowest BCUT2D eigenvalue weighted by Crippen LogP contribution is -2.30. The van der Waals surface area contributed by atoms with Crippen LogP contribution >= 0.6 is 15.6 Å². The van der Waals surface area contributed by atoms with Gasteiger partial charge in [-0.2, -0.15) is 0 Å². The molecule has 17 nitrogen and oxygen atoms in total. The third-order valence-corrected chi connectivity index (χ3v) is 19.8. The molecule has 4 unspecified atom stereocenters. The van der Waals surface area contributed by atoms with Crippen LogP contribution in [0.25, 0.3) is 0 Å². The van der Waals surface area contributed by atoms with E-state index in [4.69, 9.17) is 37.0 Å². The Balaban J connectivity index is 5.18. The minimum atomic E-state index is -4.96. The average molecular weight is 1400 g/mol. The van der Waals surface area contributed by atoms with Gasteiger partial charge in [0.1, 0.15) is 19.3 Å². The molecule has 0 saturated carbocycles. The molecule has 564 valence electrons. The second-order valence-corrected chi connectivity index (χ2v) is 32.0. The fourth-order valence-electron chi connectivity index (χ4n) is 11.5. The van der Waals surface area contributed by atoms with Crippen molar-refractivity contribution in [3.8, 4) is 0 Å². The number of phosphoric ester groups is 2. The molecule has 0 aliphatic rings. The van der Waals surface area contributed by atoms with Gasteiger partial charge in [-0.25, -0.2) is 9.13 Å². The van der Waals surface area contributed by atoms with Crippen molar-refractivity contribution in [2.24, 2.45) is 23.7 Å². The van der Waals surface area contributed by atoms with Crippen molar-refractivity contribution in [3.63, 3.8) is 0 Å². The molecule has 19 heteroatoms. The van der Waals surface area contributed by atoms with E-state index in [0.717, 1.165) is 114 Å². The lowest BCUT2D eigenvalue weighted by Gasteiger charge is -2.21. The van der Waals surface area contributed by atoms with Crippen LogP contribution in [-0.2, 0) is 65.4 Å². The summed E-state index contributed by atoms with van der Waals surface area (Å²) < 4.78 is 68.5. The Morgan fingerprint density at radius 3 is 0.747 bits per heavy atom. The van der Waals surface area contributed by atoms with Gasteiger partial charge in [-0.15, -0.1) is 0 Å². The Morgan fingerprint density at radius 1 is 0.295 bits per heavy atom. The van der Waals surface area contributed by atoms with Crippen LogP contribution in [0.5, 0.6) is 0 Å². The summed E-state index contributed by atoms with van der Waals surface area (Å²) in [5.74, 6) is 0.899. The predicted molar refractivity (Wildman–Crippen MR) is 386 cm³/mol. The average Bonchev–Trinajstić information content (AvgIpc) is 1.22. The standard InChI is InChI=1S/C76H148O17P2/c1-9-69(8)55-47-39-34-35-43-51-59-76(81)93-72(63-86-73(78)56-48-40-31-25-21-17-13-11-10-12-15-19-23-28-36-44-52-66(2)3)65-91-95(84,85)89-61-70(77)60-88-94(82,83)90-64-71(62-87-74(79)57-49-41-33-27-30-38-46-54-68(6)7)92-75(80)58-50-42-32-26-22-18-14-16-20-24-29-37-45-53-67(4)5/h66-72,77H,9-65H2,1-8H3,(H,82,83)(H,84,85)/t69?,70?,71-,72-/m1/s1. The smallest absolute Gasteiger partial charge is 0.462 e. The lowest BCUT2D eigenvalue weighted by molar-refractivity contribution is -0.161. The maximum atomic E-state index is 13.1. The second kappa shape index (κ2) is 65.4. The third-order valence-electron chi connectivity index (χ3n) is 17.9. The number of hydrogen-bond donors (Lipinski definition) is 3. The number of unbranched alkanes of at least 4 members (excludes halogenated alkanes) is 38. The van der Waals surface area contributed by atoms with Gasteiger partial charge < -0.3 is 33.8 Å². The normalized spacial score (nSPS) is 14.4. The highest BCUT2D eigenvalue weighted by atomic mass is 31.2. The first kappa shape index (κ1) is 93.1. The topological polar surface area (TPSA) is 237 Å². The van der Waals surface area contributed by atoms with E-state index in [1.807, 2.05) is 0 Å². The van der Waals surface area contributed by atoms with Gasteiger partial charge in [0.15, 0.2) is 12.2 Å². The monoisotopic (exact) mass is 1400 g/mol. The number of esters is 4. The molecule has 0 aromatic heterocycles. The highest BCUT2D eigenvalue weighted by molar-refractivity contribution is 7.47. The molecule has 0 aromatic rings. The van der Waals surface area contributed by atoms with E-state index in [9.17, 15) is 43.2 Å². The van der Waals surface area contributed by atoms with E-state index in [1.54, 1.807) is 0 Å². The van der Waals surface area contributed by atoms with Crippen molar-refractivity contribution in [1.29, 1.82) is 0 Å². The molecule has 0 aliphatic carbocycles. The van der Waals surface area contributed by atoms with Gasteiger partial charge in [-0.1, -0.05) is 331 Å². The summed E-state index contributed by atoms with van der Waals surface area (Å²) in [7, 11) is -9.91. The Bertz CT molecular complexity index is 1870. The Hall–Kier alpha value is -1.94. The molecule has 0 aliphatic heterocycles. The van der Waals surface area contributed by atoms with E-state index >= 15 is 0 Å². The van der Waals surface area contributed by atoms with Gasteiger partial charge in [-0.05, 0) is 49.4 Å². The molecule has 0 radical (unpaired) electrons. The lowest BCUT2D eigenvalue weighted by atomic mass is 10.00. The fraction of sp³-hybridized carbons (Fsp3) is 0.947. The van der Waals surface area contributed by atoms with Crippen LogP contribution in [0.2, 0.25) is 0 Å². The minimum absolute atomic E-state index is 0.103. The van der Waals surface area contributed by atoms with Crippen molar-refractivity contribution < 1.29 is 80.2 Å². The van der Waals surface area contributed by atoms with Crippen molar-refractivity contribution in [3.05, 3.63) is 0 Å². The number of aliphatic hydroxyl groups is 1. The van der Waals surface area contributed by atoms with Crippen molar-refractivity contribution in [2.45, 2.75) is 401 Å². The van der Waals surface area contributed by atoms with Crippen LogP contribution in [0, 0.1) is 23.7 Å². The number of carbonyl (C=O) groups is 4. The molecule has 3 N–H and O–H groups in total.